The molecule has 1 aliphatic carbocycles. The number of allylic oxidation sites excluding steroid dienone is 3. The second kappa shape index (κ2) is 7.54. The molecule has 0 unspecified atom stereocenters. The Kier molecular flexibility index (Phi) is 5.19. The predicted molar refractivity (Wildman–Crippen MR) is 101 cm³/mol. The summed E-state index contributed by atoms with van der Waals surface area (Å²) in [6.07, 6.45) is 6.76. The smallest absolute Gasteiger partial charge is 0.261 e. The van der Waals surface area contributed by atoms with Crippen LogP contribution in [0.4, 0.5) is 5.69 Å². The van der Waals surface area contributed by atoms with Crippen LogP contribution in [0, 0.1) is 6.92 Å². The molecule has 1 aliphatic rings. The molecule has 0 saturated carbocycles. The van der Waals surface area contributed by atoms with Gasteiger partial charge in [-0.1, -0.05) is 23.8 Å². The van der Waals surface area contributed by atoms with Crippen molar-refractivity contribution in [1.29, 1.82) is 0 Å². The lowest BCUT2D eigenvalue weighted by molar-refractivity contribution is -0.120. The third-order valence-corrected chi connectivity index (χ3v) is 4.23. The number of carbonyl (C=O) groups is 2. The van der Waals surface area contributed by atoms with Crippen molar-refractivity contribution in [3.63, 3.8) is 0 Å². The normalized spacial score (nSPS) is 13.3. The number of anilines is 1. The van der Waals surface area contributed by atoms with Crippen LogP contribution in [0.5, 0.6) is 11.6 Å². The summed E-state index contributed by atoms with van der Waals surface area (Å²) in [7, 11) is 1.61. The number of pyridine rings is 1. The molecule has 3 rings (SSSR count). The van der Waals surface area contributed by atoms with Gasteiger partial charge >= 0.3 is 0 Å². The highest BCUT2D eigenvalue weighted by Crippen LogP contribution is 2.27. The van der Waals surface area contributed by atoms with Gasteiger partial charge in [0.1, 0.15) is 5.75 Å². The van der Waals surface area contributed by atoms with Gasteiger partial charge in [0.05, 0.1) is 17.5 Å². The van der Waals surface area contributed by atoms with E-state index in [9.17, 15) is 9.59 Å². The van der Waals surface area contributed by atoms with Crippen molar-refractivity contribution < 1.29 is 14.3 Å². The largest absolute Gasteiger partial charge is 0.439 e. The number of Topliss-reactive ketones (excluding diaryl/α,β-unsaturated/α-hetero) is 1. The third-order valence-electron chi connectivity index (χ3n) is 4.00. The van der Waals surface area contributed by atoms with Crippen molar-refractivity contribution in [3.8, 4) is 11.6 Å². The Balaban J connectivity index is 1.74. The van der Waals surface area contributed by atoms with E-state index < -0.39 is 0 Å². The van der Waals surface area contributed by atoms with Crippen LogP contribution >= 0.6 is 11.6 Å². The number of nitrogens with zero attached hydrogens (tertiary/aromatic N) is 2. The van der Waals surface area contributed by atoms with Crippen LogP contribution < -0.4 is 9.64 Å². The highest BCUT2D eigenvalue weighted by Gasteiger charge is 2.23. The summed E-state index contributed by atoms with van der Waals surface area (Å²) in [5.74, 6) is 0.513. The fourth-order valence-corrected chi connectivity index (χ4v) is 2.73. The van der Waals surface area contributed by atoms with Crippen molar-refractivity contribution in [2.45, 2.75) is 13.3 Å². The summed E-state index contributed by atoms with van der Waals surface area (Å²) in [4.78, 5) is 30.0. The Morgan fingerprint density at radius 3 is 2.73 bits per heavy atom. The molecular weight excluding hydrogens is 352 g/mol. The first-order valence-corrected chi connectivity index (χ1v) is 8.41. The van der Waals surface area contributed by atoms with Gasteiger partial charge in [0.15, 0.2) is 5.78 Å². The van der Waals surface area contributed by atoms with E-state index in [0.29, 0.717) is 22.3 Å². The minimum atomic E-state index is -0.358. The molecule has 0 bridgehead atoms. The van der Waals surface area contributed by atoms with Gasteiger partial charge in [0.2, 0.25) is 5.88 Å². The van der Waals surface area contributed by atoms with Crippen LogP contribution in [-0.4, -0.2) is 23.7 Å². The molecule has 0 atom stereocenters. The van der Waals surface area contributed by atoms with E-state index in [1.54, 1.807) is 55.6 Å². The van der Waals surface area contributed by atoms with Crippen LogP contribution in [0.2, 0.25) is 5.02 Å². The lowest BCUT2D eigenvalue weighted by atomic mass is 10.0. The Labute approximate surface area is 156 Å². The number of aromatic nitrogens is 1. The fraction of sp³-hybridized carbons (Fsp3) is 0.150. The molecular formula is C20H17ClN2O3. The van der Waals surface area contributed by atoms with Crippen LogP contribution in [0.15, 0.2) is 60.3 Å². The zero-order chi connectivity index (χ0) is 18.7. The highest BCUT2D eigenvalue weighted by molar-refractivity contribution is 6.30. The molecule has 0 aliphatic heterocycles. The fourth-order valence-electron chi connectivity index (χ4n) is 2.50. The second-order valence-electron chi connectivity index (χ2n) is 5.87. The number of halogens is 1. The lowest BCUT2D eigenvalue weighted by Gasteiger charge is -2.19. The summed E-state index contributed by atoms with van der Waals surface area (Å²) in [5, 5.41) is 0.639. The van der Waals surface area contributed by atoms with Crippen molar-refractivity contribution in [2.24, 2.45) is 0 Å². The maximum atomic E-state index is 12.5. The molecule has 2 aromatic rings. The van der Waals surface area contributed by atoms with Crippen LogP contribution in [0.25, 0.3) is 0 Å². The number of rotatable bonds is 4. The summed E-state index contributed by atoms with van der Waals surface area (Å²) < 4.78 is 5.74. The van der Waals surface area contributed by atoms with E-state index in [1.807, 2.05) is 6.92 Å². The van der Waals surface area contributed by atoms with E-state index in [-0.39, 0.29) is 23.7 Å². The Morgan fingerprint density at radius 2 is 2.08 bits per heavy atom. The number of hydrogen-bond acceptors (Lipinski definition) is 4. The van der Waals surface area contributed by atoms with Crippen molar-refractivity contribution in [3.05, 3.63) is 70.9 Å². The topological polar surface area (TPSA) is 59.5 Å². The minimum absolute atomic E-state index is 0.173. The minimum Gasteiger partial charge on any atom is -0.439 e. The molecule has 1 aromatic carbocycles. The number of benzene rings is 1. The standard InChI is InChI=1S/C20H17ClN2O3/c1-13-11-14(21)7-9-18(13)26-19-10-8-15(12-22-19)23(2)20(25)16-5-3-4-6-17(16)24/h3-5,7-12H,6H2,1-2H3. The molecule has 0 fully saturated rings. The van der Waals surface area contributed by atoms with Crippen molar-refractivity contribution >= 4 is 29.0 Å². The van der Waals surface area contributed by atoms with E-state index in [2.05, 4.69) is 4.98 Å². The number of aryl methyl sites for hydroxylation is 1. The molecule has 26 heavy (non-hydrogen) atoms. The molecule has 6 heteroatoms. The number of likely N-dealkylation sites (N-methyl/N-ethyl adjacent to an activating group) is 1. The summed E-state index contributed by atoms with van der Waals surface area (Å²) >= 11 is 5.94. The van der Waals surface area contributed by atoms with Gasteiger partial charge in [-0.3, -0.25) is 9.59 Å². The number of amides is 1. The van der Waals surface area contributed by atoms with E-state index in [1.165, 1.54) is 11.1 Å². The second-order valence-corrected chi connectivity index (χ2v) is 6.30. The molecule has 0 spiro atoms. The molecule has 132 valence electrons. The van der Waals surface area contributed by atoms with Crippen LogP contribution in [0.1, 0.15) is 12.0 Å². The number of ketones is 1. The van der Waals surface area contributed by atoms with Gasteiger partial charge in [0, 0.05) is 24.6 Å². The third kappa shape index (κ3) is 3.83. The van der Waals surface area contributed by atoms with Gasteiger partial charge in [-0.25, -0.2) is 4.98 Å². The maximum absolute atomic E-state index is 12.5. The van der Waals surface area contributed by atoms with E-state index in [4.69, 9.17) is 16.3 Å². The molecule has 0 N–H and O–H groups in total. The van der Waals surface area contributed by atoms with E-state index in [0.717, 1.165) is 5.56 Å². The average molecular weight is 369 g/mol. The number of carbonyl (C=O) groups excluding carboxylic acids is 2. The Bertz CT molecular complexity index is 917. The molecule has 1 amide bonds. The van der Waals surface area contributed by atoms with Crippen LogP contribution in [0.3, 0.4) is 0 Å². The first kappa shape index (κ1) is 17.9. The zero-order valence-corrected chi connectivity index (χ0v) is 15.2. The molecule has 1 heterocycles. The van der Waals surface area contributed by atoms with Gasteiger partial charge in [-0.05, 0) is 42.8 Å². The number of ether oxygens (including phenoxy) is 1. The number of hydrogen-bond donors (Lipinski definition) is 0. The highest BCUT2D eigenvalue weighted by atomic mass is 35.5. The Hall–Kier alpha value is -2.92. The quantitative estimate of drug-likeness (QED) is 0.757. The summed E-state index contributed by atoms with van der Waals surface area (Å²) in [6, 6.07) is 8.71. The zero-order valence-electron chi connectivity index (χ0n) is 14.4. The summed E-state index contributed by atoms with van der Waals surface area (Å²) in [5.41, 5.74) is 1.64. The van der Waals surface area contributed by atoms with Gasteiger partial charge < -0.3 is 9.64 Å². The SMILES string of the molecule is Cc1cc(Cl)ccc1Oc1ccc(N(C)C(=O)C2=CC=CCC2=O)cn1. The van der Waals surface area contributed by atoms with Gasteiger partial charge in [0.25, 0.3) is 5.91 Å². The average Bonchev–Trinajstić information content (AvgIpc) is 2.64. The first-order chi connectivity index (χ1) is 12.5. The van der Waals surface area contributed by atoms with Crippen molar-refractivity contribution in [2.75, 3.05) is 11.9 Å². The lowest BCUT2D eigenvalue weighted by Crippen LogP contribution is -2.31. The van der Waals surface area contributed by atoms with Gasteiger partial charge in [-0.2, -0.15) is 0 Å². The Morgan fingerprint density at radius 1 is 1.27 bits per heavy atom. The molecule has 5 nitrogen and oxygen atoms in total. The first-order valence-electron chi connectivity index (χ1n) is 8.04. The molecule has 1 aromatic heterocycles. The van der Waals surface area contributed by atoms with E-state index >= 15 is 0 Å². The summed E-state index contributed by atoms with van der Waals surface area (Å²) in [6.45, 7) is 1.89. The van der Waals surface area contributed by atoms with Crippen LogP contribution in [-0.2, 0) is 9.59 Å². The monoisotopic (exact) mass is 368 g/mol. The van der Waals surface area contributed by atoms with Gasteiger partial charge in [-0.15, -0.1) is 0 Å². The molecule has 0 radical (unpaired) electrons. The predicted octanol–water partition coefficient (Wildman–Crippen LogP) is 4.25. The maximum Gasteiger partial charge on any atom is 0.261 e. The molecule has 0 saturated heterocycles. The van der Waals surface area contributed by atoms with Crippen molar-refractivity contribution in [1.82, 2.24) is 4.98 Å².